The number of Topliss-reactive ketones (excluding diaryl/α,β-unsaturated/α-hetero) is 1. The van der Waals surface area contributed by atoms with Crippen molar-refractivity contribution in [3.63, 3.8) is 0 Å². The molecule has 7 heteroatoms. The second-order valence-electron chi connectivity index (χ2n) is 5.96. The molecule has 0 aliphatic heterocycles. The van der Waals surface area contributed by atoms with Crippen molar-refractivity contribution in [2.75, 3.05) is 18.5 Å². The van der Waals surface area contributed by atoms with E-state index in [2.05, 4.69) is 10.3 Å². The molecular formula is C20H24N2O5. The highest BCUT2D eigenvalue weighted by atomic mass is 16.6. The molecular weight excluding hydrogens is 348 g/mol. The Labute approximate surface area is 158 Å². The van der Waals surface area contributed by atoms with E-state index in [-0.39, 0.29) is 24.9 Å². The van der Waals surface area contributed by atoms with Gasteiger partial charge in [0.15, 0.2) is 12.4 Å². The van der Waals surface area contributed by atoms with Crippen molar-refractivity contribution >= 4 is 23.3 Å². The molecule has 0 saturated carbocycles. The molecule has 1 aromatic heterocycles. The molecule has 27 heavy (non-hydrogen) atoms. The lowest BCUT2D eigenvalue weighted by Crippen LogP contribution is -2.16. The van der Waals surface area contributed by atoms with E-state index in [9.17, 15) is 14.4 Å². The number of esters is 1. The lowest BCUT2D eigenvalue weighted by atomic mass is 10.0. The van der Waals surface area contributed by atoms with Crippen LogP contribution < -0.4 is 10.1 Å². The number of rotatable bonds is 8. The second-order valence-corrected chi connectivity index (χ2v) is 5.96. The number of hydrogen-bond donors (Lipinski definition) is 2. The largest absolute Gasteiger partial charge is 0.482 e. The fourth-order valence-corrected chi connectivity index (χ4v) is 2.90. The summed E-state index contributed by atoms with van der Waals surface area (Å²) in [5.74, 6) is -0.444. The van der Waals surface area contributed by atoms with E-state index < -0.39 is 5.97 Å². The van der Waals surface area contributed by atoms with E-state index in [4.69, 9.17) is 9.47 Å². The number of carbonyl (C=O) groups excluding carboxylic acids is 3. The van der Waals surface area contributed by atoms with Crippen molar-refractivity contribution in [3.8, 4) is 5.75 Å². The summed E-state index contributed by atoms with van der Waals surface area (Å²) < 4.78 is 10.2. The van der Waals surface area contributed by atoms with Gasteiger partial charge in [-0.3, -0.25) is 9.59 Å². The highest BCUT2D eigenvalue weighted by Gasteiger charge is 2.21. The summed E-state index contributed by atoms with van der Waals surface area (Å²) in [6, 6.07) is 6.71. The normalized spacial score (nSPS) is 10.4. The molecule has 0 aliphatic rings. The van der Waals surface area contributed by atoms with Crippen molar-refractivity contribution in [1.82, 2.24) is 4.98 Å². The van der Waals surface area contributed by atoms with Crippen LogP contribution in [-0.4, -0.2) is 35.9 Å². The Balaban J connectivity index is 2.15. The van der Waals surface area contributed by atoms with Crippen LogP contribution in [-0.2, 0) is 16.0 Å². The van der Waals surface area contributed by atoms with E-state index in [0.717, 1.165) is 0 Å². The third-order valence-corrected chi connectivity index (χ3v) is 3.98. The second kappa shape index (κ2) is 9.02. The average molecular weight is 372 g/mol. The van der Waals surface area contributed by atoms with Crippen LogP contribution in [0.1, 0.15) is 52.9 Å². The number of H-pyrrole nitrogens is 1. The first-order chi connectivity index (χ1) is 12.9. The van der Waals surface area contributed by atoms with Crippen molar-refractivity contribution in [1.29, 1.82) is 0 Å². The number of aromatic nitrogens is 1. The predicted octanol–water partition coefficient (Wildman–Crippen LogP) is 3.28. The van der Waals surface area contributed by atoms with Crippen LogP contribution in [0.5, 0.6) is 5.75 Å². The maximum atomic E-state index is 12.7. The number of amides is 1. The standard InChI is InChI=1S/C20H24N2O5/c1-5-16-18(13(4)23)12(3)21-19(16)20(25)22-14-8-7-9-15(10-14)27-11-17(24)26-6-2/h7-10,21H,5-6,11H2,1-4H3,(H,22,25). The Morgan fingerprint density at radius 1 is 1.19 bits per heavy atom. The minimum Gasteiger partial charge on any atom is -0.482 e. The van der Waals surface area contributed by atoms with E-state index in [0.29, 0.717) is 40.4 Å². The zero-order chi connectivity index (χ0) is 20.0. The van der Waals surface area contributed by atoms with E-state index >= 15 is 0 Å². The number of aromatic amines is 1. The molecule has 1 amide bonds. The molecule has 1 heterocycles. The van der Waals surface area contributed by atoms with Crippen molar-refractivity contribution in [3.05, 3.63) is 46.8 Å². The van der Waals surface area contributed by atoms with Gasteiger partial charge in [0.05, 0.1) is 6.61 Å². The topological polar surface area (TPSA) is 97.5 Å². The van der Waals surface area contributed by atoms with Gasteiger partial charge in [-0.1, -0.05) is 13.0 Å². The molecule has 0 saturated heterocycles. The third-order valence-electron chi connectivity index (χ3n) is 3.98. The van der Waals surface area contributed by atoms with Gasteiger partial charge in [-0.2, -0.15) is 0 Å². The molecule has 1 aromatic carbocycles. The zero-order valence-corrected chi connectivity index (χ0v) is 16.0. The molecule has 0 aliphatic carbocycles. The smallest absolute Gasteiger partial charge is 0.344 e. The number of ketones is 1. The fourth-order valence-electron chi connectivity index (χ4n) is 2.90. The number of ether oxygens (including phenoxy) is 2. The Morgan fingerprint density at radius 3 is 2.56 bits per heavy atom. The van der Waals surface area contributed by atoms with Crippen LogP contribution in [0.15, 0.2) is 24.3 Å². The molecule has 2 N–H and O–H groups in total. The Hall–Kier alpha value is -3.09. The summed E-state index contributed by atoms with van der Waals surface area (Å²) in [4.78, 5) is 38.9. The molecule has 2 aromatic rings. The maximum Gasteiger partial charge on any atom is 0.344 e. The first kappa shape index (κ1) is 20.2. The van der Waals surface area contributed by atoms with Crippen LogP contribution in [0.4, 0.5) is 5.69 Å². The van der Waals surface area contributed by atoms with Gasteiger partial charge in [-0.05, 0) is 44.9 Å². The summed E-state index contributed by atoms with van der Waals surface area (Å²) >= 11 is 0. The van der Waals surface area contributed by atoms with Gasteiger partial charge in [-0.15, -0.1) is 0 Å². The molecule has 0 spiro atoms. The minimum atomic E-state index is -0.460. The number of nitrogens with one attached hydrogen (secondary N) is 2. The van der Waals surface area contributed by atoms with Gasteiger partial charge in [0.2, 0.25) is 0 Å². The maximum absolute atomic E-state index is 12.7. The summed E-state index contributed by atoms with van der Waals surface area (Å²) in [7, 11) is 0. The van der Waals surface area contributed by atoms with E-state index in [1.165, 1.54) is 6.92 Å². The Morgan fingerprint density at radius 2 is 1.93 bits per heavy atom. The van der Waals surface area contributed by atoms with Gasteiger partial charge < -0.3 is 19.8 Å². The summed E-state index contributed by atoms with van der Waals surface area (Å²) in [6.07, 6.45) is 0.560. The molecule has 0 bridgehead atoms. The van der Waals surface area contributed by atoms with Crippen molar-refractivity contribution < 1.29 is 23.9 Å². The van der Waals surface area contributed by atoms with Crippen LogP contribution in [0.25, 0.3) is 0 Å². The summed E-state index contributed by atoms with van der Waals surface area (Å²) in [6.45, 7) is 6.96. The lowest BCUT2D eigenvalue weighted by molar-refractivity contribution is -0.145. The Kier molecular flexibility index (Phi) is 6.76. The quantitative estimate of drug-likeness (QED) is 0.547. The summed E-state index contributed by atoms with van der Waals surface area (Å²) in [5, 5.41) is 2.79. The average Bonchev–Trinajstić information content (AvgIpc) is 2.97. The van der Waals surface area contributed by atoms with Crippen molar-refractivity contribution in [2.24, 2.45) is 0 Å². The number of aryl methyl sites for hydroxylation is 1. The van der Waals surface area contributed by atoms with Gasteiger partial charge in [0, 0.05) is 23.0 Å². The molecule has 0 atom stereocenters. The molecule has 0 fully saturated rings. The number of anilines is 1. The zero-order valence-electron chi connectivity index (χ0n) is 16.0. The van der Waals surface area contributed by atoms with Crippen LogP contribution in [0.3, 0.4) is 0 Å². The van der Waals surface area contributed by atoms with Gasteiger partial charge >= 0.3 is 5.97 Å². The van der Waals surface area contributed by atoms with E-state index in [1.54, 1.807) is 38.1 Å². The predicted molar refractivity (Wildman–Crippen MR) is 101 cm³/mol. The molecule has 2 rings (SSSR count). The first-order valence-corrected chi connectivity index (χ1v) is 8.79. The lowest BCUT2D eigenvalue weighted by Gasteiger charge is -2.09. The van der Waals surface area contributed by atoms with Gasteiger partial charge in [-0.25, -0.2) is 4.79 Å². The number of hydrogen-bond acceptors (Lipinski definition) is 5. The highest BCUT2D eigenvalue weighted by Crippen LogP contribution is 2.23. The highest BCUT2D eigenvalue weighted by molar-refractivity contribution is 6.07. The Bertz CT molecular complexity index is 854. The third kappa shape index (κ3) is 4.97. The van der Waals surface area contributed by atoms with Crippen molar-refractivity contribution in [2.45, 2.75) is 34.1 Å². The summed E-state index contributed by atoms with van der Waals surface area (Å²) in [5.41, 5.74) is 2.83. The molecule has 0 unspecified atom stereocenters. The van der Waals surface area contributed by atoms with Crippen LogP contribution in [0.2, 0.25) is 0 Å². The number of carbonyl (C=O) groups is 3. The monoisotopic (exact) mass is 372 g/mol. The molecule has 0 radical (unpaired) electrons. The number of benzene rings is 1. The van der Waals surface area contributed by atoms with Crippen LogP contribution in [0, 0.1) is 6.92 Å². The fraction of sp³-hybridized carbons (Fsp3) is 0.350. The SMILES string of the molecule is CCOC(=O)COc1cccc(NC(=O)c2[nH]c(C)c(C(C)=O)c2CC)c1. The van der Waals surface area contributed by atoms with Gasteiger partial charge in [0.1, 0.15) is 11.4 Å². The first-order valence-electron chi connectivity index (χ1n) is 8.79. The van der Waals surface area contributed by atoms with Gasteiger partial charge in [0.25, 0.3) is 5.91 Å². The molecule has 144 valence electrons. The molecule has 7 nitrogen and oxygen atoms in total. The van der Waals surface area contributed by atoms with Crippen LogP contribution >= 0.6 is 0 Å². The van der Waals surface area contributed by atoms with E-state index in [1.807, 2.05) is 6.92 Å². The minimum absolute atomic E-state index is 0.0750.